The number of ether oxygens (including phenoxy) is 1. The molecule has 4 rings (SSSR count). The molecular weight excluding hydrogens is 335 g/mol. The first-order valence-corrected chi connectivity index (χ1v) is 8.79. The molecule has 1 N–H and O–H groups in total. The van der Waals surface area contributed by atoms with Crippen molar-refractivity contribution in [3.05, 3.63) is 47.9 Å². The molecule has 1 aromatic carbocycles. The number of amides is 1. The summed E-state index contributed by atoms with van der Waals surface area (Å²) in [6.45, 7) is 4.38. The lowest BCUT2D eigenvalue weighted by atomic mass is 9.96. The molecule has 1 aliphatic heterocycles. The topological polar surface area (TPSA) is 67.4 Å². The zero-order chi connectivity index (χ0) is 18.3. The largest absolute Gasteiger partial charge is 0.447 e. The van der Waals surface area contributed by atoms with Crippen LogP contribution in [-0.4, -0.2) is 28.2 Å². The molecule has 26 heavy (non-hydrogen) atoms. The minimum absolute atomic E-state index is 0.105. The number of anilines is 2. The maximum absolute atomic E-state index is 13.1. The summed E-state index contributed by atoms with van der Waals surface area (Å²) in [5, 5.41) is 3.21. The Hall–Kier alpha value is -2.70. The second kappa shape index (κ2) is 6.23. The van der Waals surface area contributed by atoms with Gasteiger partial charge >= 0.3 is 6.09 Å². The number of nitrogens with one attached hydrogen (secondary N) is 1. The first kappa shape index (κ1) is 16.8. The number of nitrogens with zero attached hydrogens (tertiary/aromatic N) is 3. The average Bonchev–Trinajstić information content (AvgIpc) is 3.43. The van der Waals surface area contributed by atoms with E-state index in [1.807, 2.05) is 13.8 Å². The normalized spacial score (nSPS) is 23.7. The summed E-state index contributed by atoms with van der Waals surface area (Å²) >= 11 is 0. The Morgan fingerprint density at radius 3 is 2.73 bits per heavy atom. The Morgan fingerprint density at radius 2 is 2.04 bits per heavy atom. The number of carbonyl (C=O) groups excluding carboxylic acids is 1. The minimum atomic E-state index is -0.365. The van der Waals surface area contributed by atoms with Gasteiger partial charge in [-0.1, -0.05) is 12.1 Å². The molecule has 1 saturated heterocycles. The van der Waals surface area contributed by atoms with E-state index in [2.05, 4.69) is 15.3 Å². The summed E-state index contributed by atoms with van der Waals surface area (Å²) < 4.78 is 18.4. The van der Waals surface area contributed by atoms with Gasteiger partial charge in [0.15, 0.2) is 0 Å². The third-order valence-corrected chi connectivity index (χ3v) is 5.22. The highest BCUT2D eigenvalue weighted by Gasteiger charge is 2.54. The van der Waals surface area contributed by atoms with Gasteiger partial charge in [-0.2, -0.15) is 4.98 Å². The molecule has 2 atom stereocenters. The van der Waals surface area contributed by atoms with Gasteiger partial charge in [0.25, 0.3) is 0 Å². The lowest BCUT2D eigenvalue weighted by Gasteiger charge is -2.31. The summed E-state index contributed by atoms with van der Waals surface area (Å²) in [5.41, 5.74) is 0.564. The maximum Gasteiger partial charge on any atom is 0.416 e. The SMILES string of the molecule is C[C@H](Nc1nccc(N2C(=O)OC[C@]2(C)C2CC2)n1)c1ccc(F)cc1. The van der Waals surface area contributed by atoms with Crippen molar-refractivity contribution in [1.82, 2.24) is 9.97 Å². The summed E-state index contributed by atoms with van der Waals surface area (Å²) in [6.07, 6.45) is 3.46. The number of cyclic esters (lactones) is 1. The predicted octanol–water partition coefficient (Wildman–Crippen LogP) is 3.91. The third-order valence-electron chi connectivity index (χ3n) is 5.22. The lowest BCUT2D eigenvalue weighted by Crippen LogP contribution is -2.47. The number of aromatic nitrogens is 2. The molecule has 1 aliphatic carbocycles. The highest BCUT2D eigenvalue weighted by molar-refractivity contribution is 5.90. The Labute approximate surface area is 151 Å². The van der Waals surface area contributed by atoms with Crippen LogP contribution in [0, 0.1) is 11.7 Å². The molecule has 7 heteroatoms. The van der Waals surface area contributed by atoms with Crippen LogP contribution in [0.3, 0.4) is 0 Å². The van der Waals surface area contributed by atoms with E-state index in [0.29, 0.717) is 24.3 Å². The van der Waals surface area contributed by atoms with E-state index in [1.54, 1.807) is 29.3 Å². The molecule has 0 spiro atoms. The highest BCUT2D eigenvalue weighted by atomic mass is 19.1. The first-order chi connectivity index (χ1) is 12.5. The molecule has 2 aliphatic rings. The van der Waals surface area contributed by atoms with Crippen molar-refractivity contribution in [2.75, 3.05) is 16.8 Å². The van der Waals surface area contributed by atoms with Crippen LogP contribution in [0.25, 0.3) is 0 Å². The van der Waals surface area contributed by atoms with E-state index in [1.165, 1.54) is 12.1 Å². The smallest absolute Gasteiger partial charge is 0.416 e. The number of hydrogen-bond donors (Lipinski definition) is 1. The van der Waals surface area contributed by atoms with E-state index < -0.39 is 0 Å². The van der Waals surface area contributed by atoms with Gasteiger partial charge in [-0.15, -0.1) is 0 Å². The summed E-state index contributed by atoms with van der Waals surface area (Å²) in [7, 11) is 0. The number of hydrogen-bond acceptors (Lipinski definition) is 5. The molecule has 6 nitrogen and oxygen atoms in total. The molecule has 0 unspecified atom stereocenters. The molecule has 0 bridgehead atoms. The van der Waals surface area contributed by atoms with E-state index in [4.69, 9.17) is 4.74 Å². The standard InChI is InChI=1S/C19H21FN4O2/c1-12(13-3-7-15(20)8-4-13)22-17-21-10-9-16(23-17)24-18(25)26-11-19(24,2)14-5-6-14/h3-4,7-10,12,14H,5-6,11H2,1-2H3,(H,21,22,23)/t12-,19+/m0/s1. The van der Waals surface area contributed by atoms with Gasteiger partial charge in [0.2, 0.25) is 5.95 Å². The summed E-state index contributed by atoms with van der Waals surface area (Å²) in [4.78, 5) is 22.7. The third kappa shape index (κ3) is 2.98. The van der Waals surface area contributed by atoms with Crippen molar-refractivity contribution in [3.8, 4) is 0 Å². The van der Waals surface area contributed by atoms with Gasteiger partial charge in [-0.25, -0.2) is 14.2 Å². The van der Waals surface area contributed by atoms with Crippen LogP contribution < -0.4 is 10.2 Å². The van der Waals surface area contributed by atoms with Crippen molar-refractivity contribution in [1.29, 1.82) is 0 Å². The van der Waals surface area contributed by atoms with Gasteiger partial charge in [-0.3, -0.25) is 4.90 Å². The molecule has 0 radical (unpaired) electrons. The Bertz CT molecular complexity index is 825. The zero-order valence-corrected chi connectivity index (χ0v) is 14.8. The molecule has 136 valence electrons. The Kier molecular flexibility index (Phi) is 4.01. The second-order valence-corrected chi connectivity index (χ2v) is 7.18. The van der Waals surface area contributed by atoms with Crippen molar-refractivity contribution < 1.29 is 13.9 Å². The van der Waals surface area contributed by atoms with Crippen LogP contribution in [0.15, 0.2) is 36.5 Å². The second-order valence-electron chi connectivity index (χ2n) is 7.18. The van der Waals surface area contributed by atoms with Crippen LogP contribution in [0.2, 0.25) is 0 Å². The molecule has 2 fully saturated rings. The van der Waals surface area contributed by atoms with Gasteiger partial charge in [0, 0.05) is 6.20 Å². The number of rotatable bonds is 5. The van der Waals surface area contributed by atoms with E-state index in [9.17, 15) is 9.18 Å². The van der Waals surface area contributed by atoms with Crippen LogP contribution in [0.1, 0.15) is 38.3 Å². The van der Waals surface area contributed by atoms with Crippen LogP contribution in [0.4, 0.5) is 21.0 Å². The van der Waals surface area contributed by atoms with Crippen molar-refractivity contribution in [2.45, 2.75) is 38.3 Å². The van der Waals surface area contributed by atoms with Gasteiger partial charge < -0.3 is 10.1 Å². The molecule has 1 aromatic heterocycles. The monoisotopic (exact) mass is 356 g/mol. The van der Waals surface area contributed by atoms with Crippen LogP contribution in [0.5, 0.6) is 0 Å². The van der Waals surface area contributed by atoms with E-state index in [0.717, 1.165) is 18.4 Å². The van der Waals surface area contributed by atoms with Crippen LogP contribution >= 0.6 is 0 Å². The molecule has 1 amide bonds. The van der Waals surface area contributed by atoms with E-state index in [-0.39, 0.29) is 23.5 Å². The fraction of sp³-hybridized carbons (Fsp3) is 0.421. The fourth-order valence-corrected chi connectivity index (χ4v) is 3.48. The number of benzene rings is 1. The summed E-state index contributed by atoms with van der Waals surface area (Å²) in [6, 6.07) is 7.91. The Morgan fingerprint density at radius 1 is 1.31 bits per heavy atom. The fourth-order valence-electron chi connectivity index (χ4n) is 3.48. The number of halogens is 1. The first-order valence-electron chi connectivity index (χ1n) is 8.79. The molecule has 2 aromatic rings. The minimum Gasteiger partial charge on any atom is -0.447 e. The quantitative estimate of drug-likeness (QED) is 0.880. The van der Waals surface area contributed by atoms with Gasteiger partial charge in [0.1, 0.15) is 18.2 Å². The van der Waals surface area contributed by atoms with E-state index >= 15 is 0 Å². The molecular formula is C19H21FN4O2. The predicted molar refractivity (Wildman–Crippen MR) is 95.4 cm³/mol. The number of carbonyl (C=O) groups is 1. The van der Waals surface area contributed by atoms with Crippen molar-refractivity contribution >= 4 is 17.9 Å². The molecule has 2 heterocycles. The summed E-state index contributed by atoms with van der Waals surface area (Å²) in [5.74, 6) is 1.12. The van der Waals surface area contributed by atoms with Crippen molar-refractivity contribution in [2.24, 2.45) is 5.92 Å². The van der Waals surface area contributed by atoms with Crippen molar-refractivity contribution in [3.63, 3.8) is 0 Å². The van der Waals surface area contributed by atoms with Gasteiger partial charge in [0.05, 0.1) is 11.6 Å². The Balaban J connectivity index is 1.56. The van der Waals surface area contributed by atoms with Gasteiger partial charge in [-0.05, 0) is 56.4 Å². The average molecular weight is 356 g/mol. The molecule has 1 saturated carbocycles. The zero-order valence-electron chi connectivity index (χ0n) is 14.8. The lowest BCUT2D eigenvalue weighted by molar-refractivity contribution is 0.172. The van der Waals surface area contributed by atoms with Crippen LogP contribution in [-0.2, 0) is 4.74 Å². The maximum atomic E-state index is 13.1. The highest BCUT2D eigenvalue weighted by Crippen LogP contribution is 2.47.